The van der Waals surface area contributed by atoms with E-state index in [0.717, 1.165) is 22.9 Å². The highest BCUT2D eigenvalue weighted by molar-refractivity contribution is 5.80. The standard InChI is InChI=1S/C26H26N2O/c1-19-13-14-25-22(15-19)17-23(26(29)28(25)2)18-27-24(21-11-7-4-8-12-21)16-20-9-5-3-6-10-20/h3-15,17,24,27H,16,18H2,1-2H3/t24-/m1/s1. The van der Waals surface area contributed by atoms with E-state index in [2.05, 4.69) is 66.8 Å². The normalized spacial score (nSPS) is 12.2. The van der Waals surface area contributed by atoms with Crippen molar-refractivity contribution in [1.82, 2.24) is 9.88 Å². The van der Waals surface area contributed by atoms with E-state index in [0.29, 0.717) is 6.54 Å². The van der Waals surface area contributed by atoms with Gasteiger partial charge in [-0.3, -0.25) is 4.79 Å². The quantitative estimate of drug-likeness (QED) is 0.513. The summed E-state index contributed by atoms with van der Waals surface area (Å²) in [5.74, 6) is 0. The highest BCUT2D eigenvalue weighted by Crippen LogP contribution is 2.20. The van der Waals surface area contributed by atoms with E-state index in [-0.39, 0.29) is 11.6 Å². The molecule has 3 aromatic carbocycles. The van der Waals surface area contributed by atoms with Gasteiger partial charge in [-0.15, -0.1) is 0 Å². The van der Waals surface area contributed by atoms with Gasteiger partial charge in [0, 0.05) is 25.2 Å². The molecular formula is C26H26N2O. The lowest BCUT2D eigenvalue weighted by Gasteiger charge is -2.20. The van der Waals surface area contributed by atoms with Crippen LogP contribution in [0.5, 0.6) is 0 Å². The smallest absolute Gasteiger partial charge is 0.255 e. The van der Waals surface area contributed by atoms with Crippen molar-refractivity contribution in [3.05, 3.63) is 118 Å². The van der Waals surface area contributed by atoms with Gasteiger partial charge in [0.1, 0.15) is 0 Å². The Morgan fingerprint density at radius 3 is 2.31 bits per heavy atom. The molecule has 0 fully saturated rings. The molecule has 0 radical (unpaired) electrons. The van der Waals surface area contributed by atoms with E-state index in [1.54, 1.807) is 4.57 Å². The van der Waals surface area contributed by atoms with Crippen LogP contribution in [0.15, 0.2) is 89.7 Å². The lowest BCUT2D eigenvalue weighted by atomic mass is 9.98. The van der Waals surface area contributed by atoms with Crippen LogP contribution in [0.1, 0.15) is 28.3 Å². The van der Waals surface area contributed by atoms with E-state index in [1.807, 2.05) is 37.4 Å². The summed E-state index contributed by atoms with van der Waals surface area (Å²) < 4.78 is 1.75. The number of hydrogen-bond acceptors (Lipinski definition) is 2. The molecule has 1 aromatic heterocycles. The largest absolute Gasteiger partial charge is 0.311 e. The number of aromatic nitrogens is 1. The van der Waals surface area contributed by atoms with E-state index in [9.17, 15) is 4.79 Å². The third-order valence-electron chi connectivity index (χ3n) is 5.48. The Balaban J connectivity index is 1.63. The molecule has 146 valence electrons. The van der Waals surface area contributed by atoms with Crippen LogP contribution in [0.2, 0.25) is 0 Å². The van der Waals surface area contributed by atoms with Crippen molar-refractivity contribution in [2.45, 2.75) is 25.9 Å². The van der Waals surface area contributed by atoms with Gasteiger partial charge in [0.25, 0.3) is 5.56 Å². The second-order valence-corrected chi connectivity index (χ2v) is 7.63. The summed E-state index contributed by atoms with van der Waals surface area (Å²) in [5, 5.41) is 4.74. The summed E-state index contributed by atoms with van der Waals surface area (Å²) in [6.45, 7) is 2.61. The number of fused-ring (bicyclic) bond motifs is 1. The molecule has 1 N–H and O–H groups in total. The zero-order chi connectivity index (χ0) is 20.2. The zero-order valence-electron chi connectivity index (χ0n) is 16.9. The Hall–Kier alpha value is -3.17. The zero-order valence-corrected chi connectivity index (χ0v) is 16.9. The number of aryl methyl sites for hydroxylation is 2. The molecule has 1 atom stereocenters. The van der Waals surface area contributed by atoms with Gasteiger partial charge in [-0.1, -0.05) is 72.3 Å². The van der Waals surface area contributed by atoms with E-state index in [4.69, 9.17) is 0 Å². The molecule has 0 amide bonds. The van der Waals surface area contributed by atoms with E-state index >= 15 is 0 Å². The summed E-state index contributed by atoms with van der Waals surface area (Å²) in [4.78, 5) is 12.9. The maximum absolute atomic E-state index is 12.9. The molecule has 3 nitrogen and oxygen atoms in total. The van der Waals surface area contributed by atoms with Gasteiger partial charge in [0.15, 0.2) is 0 Å². The first-order chi connectivity index (χ1) is 14.1. The summed E-state index contributed by atoms with van der Waals surface area (Å²) in [5.41, 5.74) is 5.51. The average Bonchev–Trinajstić information content (AvgIpc) is 2.75. The summed E-state index contributed by atoms with van der Waals surface area (Å²) in [6.07, 6.45) is 0.873. The van der Waals surface area contributed by atoms with Gasteiger partial charge in [-0.05, 0) is 48.1 Å². The number of pyridine rings is 1. The van der Waals surface area contributed by atoms with Crippen LogP contribution in [0.25, 0.3) is 10.9 Å². The van der Waals surface area contributed by atoms with Gasteiger partial charge >= 0.3 is 0 Å². The molecule has 0 bridgehead atoms. The highest BCUT2D eigenvalue weighted by atomic mass is 16.1. The Kier molecular flexibility index (Phi) is 5.59. The molecular weight excluding hydrogens is 356 g/mol. The molecule has 29 heavy (non-hydrogen) atoms. The number of rotatable bonds is 6. The average molecular weight is 383 g/mol. The van der Waals surface area contributed by atoms with Crippen molar-refractivity contribution >= 4 is 10.9 Å². The van der Waals surface area contributed by atoms with Crippen LogP contribution >= 0.6 is 0 Å². The first kappa shape index (κ1) is 19.2. The molecule has 0 saturated carbocycles. The second-order valence-electron chi connectivity index (χ2n) is 7.63. The maximum Gasteiger partial charge on any atom is 0.255 e. The van der Waals surface area contributed by atoms with Crippen LogP contribution in [-0.2, 0) is 20.0 Å². The van der Waals surface area contributed by atoms with Crippen molar-refractivity contribution in [3.8, 4) is 0 Å². The number of benzene rings is 3. The van der Waals surface area contributed by atoms with Gasteiger partial charge in [0.2, 0.25) is 0 Å². The number of nitrogens with zero attached hydrogens (tertiary/aromatic N) is 1. The molecule has 0 unspecified atom stereocenters. The molecule has 0 saturated heterocycles. The molecule has 3 heteroatoms. The van der Waals surface area contributed by atoms with Gasteiger partial charge in [-0.25, -0.2) is 0 Å². The summed E-state index contributed by atoms with van der Waals surface area (Å²) >= 11 is 0. The summed E-state index contributed by atoms with van der Waals surface area (Å²) in [7, 11) is 1.85. The SMILES string of the molecule is Cc1ccc2c(c1)cc(CN[C@H](Cc1ccccc1)c1ccccc1)c(=O)n2C. The Bertz CT molecular complexity index is 1160. The maximum atomic E-state index is 12.9. The summed E-state index contributed by atoms with van der Waals surface area (Å²) in [6, 6.07) is 29.3. The minimum Gasteiger partial charge on any atom is -0.311 e. The van der Waals surface area contributed by atoms with Crippen LogP contribution < -0.4 is 10.9 Å². The third kappa shape index (κ3) is 4.30. The van der Waals surface area contributed by atoms with Crippen molar-refractivity contribution in [3.63, 3.8) is 0 Å². The van der Waals surface area contributed by atoms with Crippen molar-refractivity contribution < 1.29 is 0 Å². The predicted molar refractivity (Wildman–Crippen MR) is 120 cm³/mol. The number of nitrogens with one attached hydrogen (secondary N) is 1. The van der Waals surface area contributed by atoms with Crippen molar-refractivity contribution in [1.29, 1.82) is 0 Å². The fourth-order valence-corrected chi connectivity index (χ4v) is 3.87. The first-order valence-corrected chi connectivity index (χ1v) is 10.0. The Morgan fingerprint density at radius 1 is 0.897 bits per heavy atom. The van der Waals surface area contributed by atoms with Crippen molar-refractivity contribution in [2.24, 2.45) is 7.05 Å². The molecule has 0 aliphatic carbocycles. The lowest BCUT2D eigenvalue weighted by molar-refractivity contribution is 0.527. The van der Waals surface area contributed by atoms with Crippen molar-refractivity contribution in [2.75, 3.05) is 0 Å². The molecule has 0 spiro atoms. The lowest BCUT2D eigenvalue weighted by Crippen LogP contribution is -2.29. The minimum absolute atomic E-state index is 0.0559. The number of hydrogen-bond donors (Lipinski definition) is 1. The first-order valence-electron chi connectivity index (χ1n) is 10.0. The van der Waals surface area contributed by atoms with Crippen LogP contribution in [0.4, 0.5) is 0 Å². The third-order valence-corrected chi connectivity index (χ3v) is 5.48. The molecule has 0 aliphatic rings. The van der Waals surface area contributed by atoms with E-state index < -0.39 is 0 Å². The van der Waals surface area contributed by atoms with E-state index in [1.165, 1.54) is 16.7 Å². The highest BCUT2D eigenvalue weighted by Gasteiger charge is 2.14. The fourth-order valence-electron chi connectivity index (χ4n) is 3.87. The Labute approximate surface area is 171 Å². The topological polar surface area (TPSA) is 34.0 Å². The monoisotopic (exact) mass is 382 g/mol. The Morgan fingerprint density at radius 2 is 1.59 bits per heavy atom. The molecule has 1 heterocycles. The molecule has 0 aliphatic heterocycles. The van der Waals surface area contributed by atoms with Crippen LogP contribution in [-0.4, -0.2) is 4.57 Å². The van der Waals surface area contributed by atoms with Gasteiger partial charge < -0.3 is 9.88 Å². The van der Waals surface area contributed by atoms with Gasteiger partial charge in [-0.2, -0.15) is 0 Å². The fraction of sp³-hybridized carbons (Fsp3) is 0.192. The minimum atomic E-state index is 0.0559. The van der Waals surface area contributed by atoms with Crippen LogP contribution in [0, 0.1) is 6.92 Å². The predicted octanol–water partition coefficient (Wildman–Crippen LogP) is 4.92. The van der Waals surface area contributed by atoms with Crippen LogP contribution in [0.3, 0.4) is 0 Å². The second kappa shape index (κ2) is 8.46. The molecule has 4 rings (SSSR count). The molecule has 4 aromatic rings. The van der Waals surface area contributed by atoms with Gasteiger partial charge in [0.05, 0.1) is 5.52 Å².